The summed E-state index contributed by atoms with van der Waals surface area (Å²) in [4.78, 5) is 25.2. The summed E-state index contributed by atoms with van der Waals surface area (Å²) in [7, 11) is 0. The van der Waals surface area contributed by atoms with Gasteiger partial charge in [-0.1, -0.05) is 19.9 Å². The summed E-state index contributed by atoms with van der Waals surface area (Å²) in [6.45, 7) is 4.67. The minimum Gasteiger partial charge on any atom is -0.349 e. The van der Waals surface area contributed by atoms with Crippen LogP contribution in [0.2, 0.25) is 0 Å². The van der Waals surface area contributed by atoms with E-state index in [9.17, 15) is 9.59 Å². The molecule has 4 aliphatic rings. The highest BCUT2D eigenvalue weighted by atomic mass is 16.2. The first-order valence-electron chi connectivity index (χ1n) is 11.7. The van der Waals surface area contributed by atoms with E-state index >= 15 is 0 Å². The van der Waals surface area contributed by atoms with E-state index in [-0.39, 0.29) is 34.6 Å². The van der Waals surface area contributed by atoms with E-state index in [1.807, 2.05) is 12.1 Å². The van der Waals surface area contributed by atoms with Crippen molar-refractivity contribution in [3.63, 3.8) is 0 Å². The van der Waals surface area contributed by atoms with Crippen molar-refractivity contribution in [2.75, 3.05) is 5.32 Å². The summed E-state index contributed by atoms with van der Waals surface area (Å²) in [6, 6.07) is 9.48. The van der Waals surface area contributed by atoms with E-state index in [4.69, 9.17) is 5.26 Å². The van der Waals surface area contributed by atoms with Gasteiger partial charge >= 0.3 is 0 Å². The first-order chi connectivity index (χ1) is 14.8. The molecular formula is C26H31N3O2. The maximum absolute atomic E-state index is 13.3. The Kier molecular flexibility index (Phi) is 4.73. The molecule has 3 saturated carbocycles. The second kappa shape index (κ2) is 7.22. The van der Waals surface area contributed by atoms with Gasteiger partial charge < -0.3 is 10.6 Å². The molecule has 0 saturated heterocycles. The van der Waals surface area contributed by atoms with E-state index in [2.05, 4.69) is 36.6 Å². The van der Waals surface area contributed by atoms with E-state index in [0.29, 0.717) is 23.3 Å². The molecule has 162 valence electrons. The van der Waals surface area contributed by atoms with Crippen LogP contribution in [0, 0.1) is 45.8 Å². The molecule has 3 aliphatic carbocycles. The zero-order valence-electron chi connectivity index (χ0n) is 18.4. The zero-order valence-corrected chi connectivity index (χ0v) is 18.4. The van der Waals surface area contributed by atoms with Gasteiger partial charge in [0, 0.05) is 23.1 Å². The van der Waals surface area contributed by atoms with Crippen molar-refractivity contribution in [2.45, 2.75) is 58.4 Å². The molecular weight excluding hydrogens is 386 g/mol. The fourth-order valence-electron chi connectivity index (χ4n) is 7.62. The van der Waals surface area contributed by atoms with Crippen molar-refractivity contribution in [2.24, 2.45) is 34.5 Å². The fraction of sp³-hybridized carbons (Fsp3) is 0.577. The SMILES string of the molecule is C[C@]12C=CC(=O)NC1CC[C@@H]1[C@H]2CC[C@]2(C)C(C(=O)Nc3ccc(C#N)cc3)CC[C@@H]12. The van der Waals surface area contributed by atoms with E-state index in [1.165, 1.54) is 0 Å². The highest BCUT2D eigenvalue weighted by Crippen LogP contribution is 2.65. The van der Waals surface area contributed by atoms with Crippen LogP contribution in [0.1, 0.15) is 57.9 Å². The summed E-state index contributed by atoms with van der Waals surface area (Å²) in [5, 5.41) is 15.3. The maximum Gasteiger partial charge on any atom is 0.243 e. The van der Waals surface area contributed by atoms with Gasteiger partial charge in [0.15, 0.2) is 0 Å². The number of carbonyl (C=O) groups is 2. The Morgan fingerprint density at radius 3 is 2.61 bits per heavy atom. The lowest BCUT2D eigenvalue weighted by Crippen LogP contribution is -2.59. The predicted molar refractivity (Wildman–Crippen MR) is 119 cm³/mol. The molecule has 2 amide bonds. The molecule has 31 heavy (non-hydrogen) atoms. The quantitative estimate of drug-likeness (QED) is 0.748. The Hall–Kier alpha value is -2.61. The Bertz CT molecular complexity index is 977. The number of hydrogen-bond acceptors (Lipinski definition) is 3. The molecule has 5 nitrogen and oxygen atoms in total. The lowest BCUT2D eigenvalue weighted by atomic mass is 9.48. The molecule has 0 spiro atoms. The van der Waals surface area contributed by atoms with Crippen LogP contribution in [-0.2, 0) is 9.59 Å². The van der Waals surface area contributed by atoms with E-state index in [0.717, 1.165) is 44.2 Å². The van der Waals surface area contributed by atoms with Crippen molar-refractivity contribution in [3.05, 3.63) is 42.0 Å². The molecule has 5 heteroatoms. The number of nitrogens with one attached hydrogen (secondary N) is 2. The van der Waals surface area contributed by atoms with Crippen molar-refractivity contribution in [1.29, 1.82) is 5.26 Å². The molecule has 5 rings (SSSR count). The van der Waals surface area contributed by atoms with Crippen molar-refractivity contribution in [3.8, 4) is 6.07 Å². The highest BCUT2D eigenvalue weighted by Gasteiger charge is 2.60. The first kappa shape index (κ1) is 20.3. The smallest absolute Gasteiger partial charge is 0.243 e. The maximum atomic E-state index is 13.3. The first-order valence-corrected chi connectivity index (χ1v) is 11.7. The summed E-state index contributed by atoms with van der Waals surface area (Å²) in [6.07, 6.45) is 10.3. The third-order valence-electron chi connectivity index (χ3n) is 9.28. The number of benzene rings is 1. The van der Waals surface area contributed by atoms with Gasteiger partial charge in [-0.3, -0.25) is 9.59 Å². The predicted octanol–water partition coefficient (Wildman–Crippen LogP) is 4.41. The van der Waals surface area contributed by atoms with Gasteiger partial charge in [0.05, 0.1) is 11.6 Å². The zero-order chi connectivity index (χ0) is 21.8. The second-order valence-electron chi connectivity index (χ2n) is 10.6. The molecule has 0 aromatic heterocycles. The summed E-state index contributed by atoms with van der Waals surface area (Å²) in [5.74, 6) is 1.95. The molecule has 2 unspecified atom stereocenters. The van der Waals surface area contributed by atoms with Crippen LogP contribution in [0.3, 0.4) is 0 Å². The minimum atomic E-state index is 0.0288. The number of hydrogen-bond donors (Lipinski definition) is 2. The topological polar surface area (TPSA) is 82.0 Å². The normalized spacial score (nSPS) is 40.7. The van der Waals surface area contributed by atoms with Crippen LogP contribution in [0.15, 0.2) is 36.4 Å². The van der Waals surface area contributed by atoms with Crippen LogP contribution in [0.4, 0.5) is 5.69 Å². The van der Waals surface area contributed by atoms with Gasteiger partial charge in [-0.25, -0.2) is 0 Å². The molecule has 0 bridgehead atoms. The third-order valence-corrected chi connectivity index (χ3v) is 9.28. The Morgan fingerprint density at radius 1 is 1.10 bits per heavy atom. The van der Waals surface area contributed by atoms with Crippen LogP contribution >= 0.6 is 0 Å². The lowest BCUT2D eigenvalue weighted by molar-refractivity contribution is -0.129. The van der Waals surface area contributed by atoms with E-state index < -0.39 is 0 Å². The van der Waals surface area contributed by atoms with Gasteiger partial charge in [-0.2, -0.15) is 5.26 Å². The minimum absolute atomic E-state index is 0.0288. The van der Waals surface area contributed by atoms with Gasteiger partial charge in [0.2, 0.25) is 11.8 Å². The van der Waals surface area contributed by atoms with Crippen LogP contribution in [-0.4, -0.2) is 17.9 Å². The number of fused-ring (bicyclic) bond motifs is 5. The van der Waals surface area contributed by atoms with Gasteiger partial charge in [0.1, 0.15) is 0 Å². The number of nitrogens with zero attached hydrogens (tertiary/aromatic N) is 1. The number of carbonyl (C=O) groups excluding carboxylic acids is 2. The summed E-state index contributed by atoms with van der Waals surface area (Å²) >= 11 is 0. The second-order valence-corrected chi connectivity index (χ2v) is 10.6. The third kappa shape index (κ3) is 3.11. The van der Waals surface area contributed by atoms with Crippen LogP contribution < -0.4 is 10.6 Å². The average Bonchev–Trinajstić information content (AvgIpc) is 3.12. The molecule has 7 atom stereocenters. The molecule has 1 aromatic rings. The average molecular weight is 418 g/mol. The summed E-state index contributed by atoms with van der Waals surface area (Å²) in [5.41, 5.74) is 1.42. The van der Waals surface area contributed by atoms with Crippen molar-refractivity contribution >= 4 is 17.5 Å². The molecule has 1 aliphatic heterocycles. The van der Waals surface area contributed by atoms with Gasteiger partial charge in [-0.05, 0) is 92.0 Å². The molecule has 3 fully saturated rings. The Morgan fingerprint density at radius 2 is 1.87 bits per heavy atom. The molecule has 1 aromatic carbocycles. The number of amides is 2. The van der Waals surface area contributed by atoms with Crippen LogP contribution in [0.25, 0.3) is 0 Å². The Balaban J connectivity index is 1.35. The largest absolute Gasteiger partial charge is 0.349 e. The molecule has 1 heterocycles. The van der Waals surface area contributed by atoms with E-state index in [1.54, 1.807) is 18.2 Å². The summed E-state index contributed by atoms with van der Waals surface area (Å²) < 4.78 is 0. The molecule has 2 N–H and O–H groups in total. The monoisotopic (exact) mass is 417 g/mol. The van der Waals surface area contributed by atoms with Crippen molar-refractivity contribution in [1.82, 2.24) is 5.32 Å². The van der Waals surface area contributed by atoms with Crippen molar-refractivity contribution < 1.29 is 9.59 Å². The molecule has 0 radical (unpaired) electrons. The van der Waals surface area contributed by atoms with Gasteiger partial charge in [-0.15, -0.1) is 0 Å². The Labute approximate surface area is 184 Å². The standard InChI is InChI=1S/C26H31N3O2/c1-25-13-11-20-18(7-10-22-26(20,2)14-12-23(30)29-22)19(25)8-9-21(25)24(31)28-17-5-3-16(15-27)4-6-17/h3-6,12,14,18-22H,7-11,13H2,1-2H3,(H,28,31)(H,29,30)/t18-,19-,20+,21?,22?,25-,26+/m0/s1. The number of nitriles is 1. The number of anilines is 1. The van der Waals surface area contributed by atoms with Crippen LogP contribution in [0.5, 0.6) is 0 Å². The highest BCUT2D eigenvalue weighted by molar-refractivity contribution is 5.93. The number of rotatable bonds is 2. The lowest BCUT2D eigenvalue weighted by Gasteiger charge is -2.58. The fourth-order valence-corrected chi connectivity index (χ4v) is 7.62. The van der Waals surface area contributed by atoms with Gasteiger partial charge in [0.25, 0.3) is 0 Å².